The summed E-state index contributed by atoms with van der Waals surface area (Å²) in [5, 5.41) is 23.2. The van der Waals surface area contributed by atoms with E-state index >= 15 is 0 Å². The van der Waals surface area contributed by atoms with E-state index in [9.17, 15) is 20.2 Å². The van der Waals surface area contributed by atoms with Crippen LogP contribution < -0.4 is 19.5 Å². The first-order valence-electron chi connectivity index (χ1n) is 10.2. The van der Waals surface area contributed by atoms with Gasteiger partial charge in [0.1, 0.15) is 35.5 Å². The Bertz CT molecular complexity index is 1300. The smallest absolute Gasteiger partial charge is 0.269 e. The molecular weight excluding hydrogens is 474 g/mol. The van der Waals surface area contributed by atoms with Crippen LogP contribution in [-0.4, -0.2) is 25.1 Å². The summed E-state index contributed by atoms with van der Waals surface area (Å²) in [6, 6.07) is 17.7. The number of nitrogens with zero attached hydrogens (tertiary/aromatic N) is 2. The van der Waals surface area contributed by atoms with Crippen molar-refractivity contribution in [2.75, 3.05) is 19.5 Å². The lowest BCUT2D eigenvalue weighted by Gasteiger charge is -2.13. The molecule has 3 aromatic carbocycles. The number of amides is 1. The molecule has 1 amide bonds. The Morgan fingerprint density at radius 1 is 1.09 bits per heavy atom. The number of halogens is 1. The maximum Gasteiger partial charge on any atom is 0.269 e. The van der Waals surface area contributed by atoms with E-state index in [-0.39, 0.29) is 17.9 Å². The first-order valence-corrected chi connectivity index (χ1v) is 10.5. The lowest BCUT2D eigenvalue weighted by Crippen LogP contribution is -2.14. The molecule has 0 heterocycles. The zero-order chi connectivity index (χ0) is 25.4. The molecule has 0 radical (unpaired) electrons. The number of methoxy groups -OCH3 is 2. The topological polar surface area (TPSA) is 124 Å². The van der Waals surface area contributed by atoms with Gasteiger partial charge in [-0.05, 0) is 41.5 Å². The molecule has 0 aliphatic carbocycles. The normalized spacial score (nSPS) is 10.7. The summed E-state index contributed by atoms with van der Waals surface area (Å²) in [4.78, 5) is 23.0. The number of rotatable bonds is 9. The van der Waals surface area contributed by atoms with Crippen LogP contribution >= 0.6 is 11.6 Å². The minimum absolute atomic E-state index is 0.0101. The predicted octanol–water partition coefficient (Wildman–Crippen LogP) is 5.39. The Hall–Kier alpha value is -4.55. The van der Waals surface area contributed by atoms with Gasteiger partial charge in [0.05, 0.1) is 29.9 Å². The molecule has 0 saturated carbocycles. The average Bonchev–Trinajstić information content (AvgIpc) is 2.87. The van der Waals surface area contributed by atoms with Crippen LogP contribution in [0.3, 0.4) is 0 Å². The second-order valence-electron chi connectivity index (χ2n) is 7.09. The molecule has 0 aromatic heterocycles. The number of ether oxygens (including phenoxy) is 3. The van der Waals surface area contributed by atoms with Crippen LogP contribution in [0, 0.1) is 21.4 Å². The van der Waals surface area contributed by atoms with Crippen molar-refractivity contribution in [1.82, 2.24) is 0 Å². The maximum atomic E-state index is 12.7. The van der Waals surface area contributed by atoms with Crippen molar-refractivity contribution in [2.24, 2.45) is 0 Å². The molecule has 9 nitrogen and oxygen atoms in total. The number of hydrogen-bond donors (Lipinski definition) is 1. The molecule has 0 saturated heterocycles. The molecule has 35 heavy (non-hydrogen) atoms. The van der Waals surface area contributed by atoms with Crippen LogP contribution in [0.25, 0.3) is 6.08 Å². The maximum absolute atomic E-state index is 12.7. The first kappa shape index (κ1) is 25.1. The van der Waals surface area contributed by atoms with E-state index in [2.05, 4.69) is 5.32 Å². The Labute approximate surface area is 206 Å². The summed E-state index contributed by atoms with van der Waals surface area (Å²) in [5.41, 5.74) is 1.57. The minimum Gasteiger partial charge on any atom is -0.495 e. The van der Waals surface area contributed by atoms with E-state index in [1.54, 1.807) is 36.4 Å². The number of hydrogen-bond acceptors (Lipinski definition) is 7. The summed E-state index contributed by atoms with van der Waals surface area (Å²) in [6.07, 6.45) is 1.44. The van der Waals surface area contributed by atoms with Gasteiger partial charge in [0.15, 0.2) is 0 Å². The predicted molar refractivity (Wildman–Crippen MR) is 131 cm³/mol. The van der Waals surface area contributed by atoms with Gasteiger partial charge in [-0.2, -0.15) is 5.26 Å². The van der Waals surface area contributed by atoms with Gasteiger partial charge in [-0.15, -0.1) is 0 Å². The van der Waals surface area contributed by atoms with Crippen LogP contribution in [0.15, 0.2) is 66.2 Å². The molecular formula is C25H20ClN3O6. The van der Waals surface area contributed by atoms with Crippen LogP contribution in [0.1, 0.15) is 11.1 Å². The van der Waals surface area contributed by atoms with Gasteiger partial charge in [0, 0.05) is 24.3 Å². The summed E-state index contributed by atoms with van der Waals surface area (Å²) in [6.45, 7) is 0.228. The number of nitro groups is 1. The number of carbonyl (C=O) groups excluding carboxylic acids is 1. The summed E-state index contributed by atoms with van der Waals surface area (Å²) >= 11 is 6.09. The standard InChI is InChI=1S/C25H20ClN3O6/c1-33-23-13-22(24(34-2)12-21(23)26)28-25(30)18(14-27)11-16-5-9-20(10-6-16)35-15-17-3-7-19(8-4-17)29(31)32/h3-13H,15H2,1-2H3,(H,28,30)/b18-11+. The number of nitro benzene ring substituents is 1. The van der Waals surface area contributed by atoms with Gasteiger partial charge in [-0.1, -0.05) is 23.7 Å². The van der Waals surface area contributed by atoms with Gasteiger partial charge in [0.25, 0.3) is 11.6 Å². The van der Waals surface area contributed by atoms with Crippen molar-refractivity contribution < 1.29 is 23.9 Å². The third-order valence-corrected chi connectivity index (χ3v) is 5.13. The van der Waals surface area contributed by atoms with Gasteiger partial charge in [-0.25, -0.2) is 0 Å². The number of carbonyl (C=O) groups is 1. The highest BCUT2D eigenvalue weighted by Crippen LogP contribution is 2.36. The molecule has 178 valence electrons. The first-order chi connectivity index (χ1) is 16.8. The molecule has 0 aliphatic heterocycles. The fourth-order valence-electron chi connectivity index (χ4n) is 3.00. The molecule has 0 unspecified atom stereocenters. The fourth-order valence-corrected chi connectivity index (χ4v) is 3.23. The summed E-state index contributed by atoms with van der Waals surface area (Å²) in [7, 11) is 2.87. The van der Waals surface area contributed by atoms with E-state index < -0.39 is 10.8 Å². The van der Waals surface area contributed by atoms with Gasteiger partial charge < -0.3 is 19.5 Å². The Balaban J connectivity index is 1.68. The van der Waals surface area contributed by atoms with E-state index in [4.69, 9.17) is 25.8 Å². The molecule has 3 aromatic rings. The fraction of sp³-hybridized carbons (Fsp3) is 0.120. The van der Waals surface area contributed by atoms with Gasteiger partial charge >= 0.3 is 0 Å². The third-order valence-electron chi connectivity index (χ3n) is 4.83. The van der Waals surface area contributed by atoms with E-state index in [0.29, 0.717) is 33.5 Å². The highest BCUT2D eigenvalue weighted by Gasteiger charge is 2.15. The quantitative estimate of drug-likeness (QED) is 0.183. The Morgan fingerprint density at radius 3 is 2.31 bits per heavy atom. The monoisotopic (exact) mass is 493 g/mol. The lowest BCUT2D eigenvalue weighted by atomic mass is 10.1. The zero-order valence-corrected chi connectivity index (χ0v) is 19.5. The third kappa shape index (κ3) is 6.50. The van der Waals surface area contributed by atoms with Gasteiger partial charge in [-0.3, -0.25) is 14.9 Å². The average molecular weight is 494 g/mol. The lowest BCUT2D eigenvalue weighted by molar-refractivity contribution is -0.384. The van der Waals surface area contributed by atoms with Gasteiger partial charge in [0.2, 0.25) is 0 Å². The molecule has 10 heteroatoms. The zero-order valence-electron chi connectivity index (χ0n) is 18.8. The van der Waals surface area contributed by atoms with Crippen LogP contribution in [0.5, 0.6) is 17.2 Å². The highest BCUT2D eigenvalue weighted by molar-refractivity contribution is 6.32. The molecule has 0 fully saturated rings. The minimum atomic E-state index is -0.631. The molecule has 0 atom stereocenters. The molecule has 0 aliphatic rings. The number of nitriles is 1. The Morgan fingerprint density at radius 2 is 1.74 bits per heavy atom. The number of nitrogens with one attached hydrogen (secondary N) is 1. The van der Waals surface area contributed by atoms with Crippen molar-refractivity contribution >= 4 is 35.0 Å². The van der Waals surface area contributed by atoms with Crippen molar-refractivity contribution in [3.05, 3.63) is 92.5 Å². The van der Waals surface area contributed by atoms with Crippen LogP contribution in [0.2, 0.25) is 5.02 Å². The summed E-state index contributed by atoms with van der Waals surface area (Å²) in [5.74, 6) is 0.584. The number of benzene rings is 3. The number of non-ortho nitro benzene ring substituents is 1. The van der Waals surface area contributed by atoms with Crippen molar-refractivity contribution in [3.63, 3.8) is 0 Å². The van der Waals surface area contributed by atoms with Crippen LogP contribution in [0.4, 0.5) is 11.4 Å². The van der Waals surface area contributed by atoms with E-state index in [0.717, 1.165) is 5.56 Å². The summed E-state index contributed by atoms with van der Waals surface area (Å²) < 4.78 is 16.1. The largest absolute Gasteiger partial charge is 0.495 e. The molecule has 0 bridgehead atoms. The van der Waals surface area contributed by atoms with Crippen molar-refractivity contribution in [2.45, 2.75) is 6.61 Å². The van der Waals surface area contributed by atoms with E-state index in [1.165, 1.54) is 44.6 Å². The van der Waals surface area contributed by atoms with Crippen molar-refractivity contribution in [3.8, 4) is 23.3 Å². The Kier molecular flexibility index (Phi) is 8.27. The van der Waals surface area contributed by atoms with Crippen LogP contribution in [-0.2, 0) is 11.4 Å². The molecule has 0 spiro atoms. The van der Waals surface area contributed by atoms with Crippen molar-refractivity contribution in [1.29, 1.82) is 5.26 Å². The van der Waals surface area contributed by atoms with E-state index in [1.807, 2.05) is 6.07 Å². The molecule has 3 rings (SSSR count). The SMILES string of the molecule is COc1cc(NC(=O)/C(C#N)=C/c2ccc(OCc3ccc([N+](=O)[O-])cc3)cc2)c(OC)cc1Cl. The second kappa shape index (κ2) is 11.5. The highest BCUT2D eigenvalue weighted by atomic mass is 35.5. The second-order valence-corrected chi connectivity index (χ2v) is 7.50. The number of anilines is 1. The molecule has 1 N–H and O–H groups in total.